The highest BCUT2D eigenvalue weighted by Crippen LogP contribution is 2.26. The Morgan fingerprint density at radius 3 is 2.32 bits per heavy atom. The minimum absolute atomic E-state index is 0.220. The lowest BCUT2D eigenvalue weighted by atomic mass is 10.1. The lowest BCUT2D eigenvalue weighted by Crippen LogP contribution is -2.34. The highest BCUT2D eigenvalue weighted by Gasteiger charge is 2.11. The number of nitrogens with one attached hydrogen (secondary N) is 2. The molecule has 0 aliphatic rings. The number of thiocarbonyl (C=S) groups is 1. The van der Waals surface area contributed by atoms with E-state index in [4.69, 9.17) is 21.7 Å². The molecule has 7 heteroatoms. The summed E-state index contributed by atoms with van der Waals surface area (Å²) in [5.41, 5.74) is 1.24. The van der Waals surface area contributed by atoms with Gasteiger partial charge >= 0.3 is 0 Å². The van der Waals surface area contributed by atoms with Gasteiger partial charge in [0.05, 0.1) is 17.7 Å². The molecule has 0 radical (unpaired) electrons. The van der Waals surface area contributed by atoms with Crippen molar-refractivity contribution in [2.24, 2.45) is 11.8 Å². The molecule has 0 fully saturated rings. The van der Waals surface area contributed by atoms with E-state index in [0.717, 1.165) is 28.8 Å². The predicted molar refractivity (Wildman–Crippen MR) is 134 cm³/mol. The van der Waals surface area contributed by atoms with Gasteiger partial charge in [0.2, 0.25) is 0 Å². The van der Waals surface area contributed by atoms with Crippen molar-refractivity contribution in [1.29, 1.82) is 0 Å². The Labute approximate surface area is 199 Å². The van der Waals surface area contributed by atoms with Crippen molar-refractivity contribution in [3.63, 3.8) is 0 Å². The molecular weight excluding hydrogens is 476 g/mol. The minimum atomic E-state index is -0.295. The Kier molecular flexibility index (Phi) is 10.3. The van der Waals surface area contributed by atoms with Gasteiger partial charge in [0, 0.05) is 17.3 Å². The molecule has 0 aliphatic carbocycles. The monoisotopic (exact) mass is 506 g/mol. The number of ether oxygens (including phenoxy) is 2. The van der Waals surface area contributed by atoms with E-state index >= 15 is 0 Å². The second-order valence-corrected chi connectivity index (χ2v) is 9.41. The number of amides is 1. The molecule has 0 heterocycles. The molecule has 168 valence electrons. The van der Waals surface area contributed by atoms with Crippen molar-refractivity contribution in [1.82, 2.24) is 5.32 Å². The van der Waals surface area contributed by atoms with E-state index in [1.807, 2.05) is 24.3 Å². The molecule has 0 aliphatic heterocycles. The van der Waals surface area contributed by atoms with Crippen LogP contribution in [0.1, 0.15) is 50.9 Å². The van der Waals surface area contributed by atoms with Crippen molar-refractivity contribution < 1.29 is 14.3 Å². The van der Waals surface area contributed by atoms with E-state index in [-0.39, 0.29) is 11.0 Å². The summed E-state index contributed by atoms with van der Waals surface area (Å²) in [4.78, 5) is 12.6. The summed E-state index contributed by atoms with van der Waals surface area (Å²) in [6.07, 6.45) is 1.96. The molecule has 1 amide bonds. The Morgan fingerprint density at radius 2 is 1.68 bits per heavy atom. The van der Waals surface area contributed by atoms with Crippen LogP contribution in [0.4, 0.5) is 5.69 Å². The van der Waals surface area contributed by atoms with E-state index < -0.39 is 0 Å². The molecule has 0 unspecified atom stereocenters. The van der Waals surface area contributed by atoms with Crippen molar-refractivity contribution >= 4 is 44.9 Å². The summed E-state index contributed by atoms with van der Waals surface area (Å²) in [6, 6.07) is 12.7. The van der Waals surface area contributed by atoms with Gasteiger partial charge in [0.1, 0.15) is 11.5 Å². The number of anilines is 1. The molecule has 0 aromatic heterocycles. The number of carbonyl (C=O) groups is 1. The molecule has 0 spiro atoms. The molecular formula is C24H31BrN2O3S. The zero-order valence-corrected chi connectivity index (χ0v) is 20.9. The summed E-state index contributed by atoms with van der Waals surface area (Å²) < 4.78 is 12.3. The van der Waals surface area contributed by atoms with Crippen molar-refractivity contribution in [3.8, 4) is 11.5 Å². The first-order valence-electron chi connectivity index (χ1n) is 10.5. The van der Waals surface area contributed by atoms with Crippen molar-refractivity contribution in [2.45, 2.75) is 40.5 Å². The maximum Gasteiger partial charge on any atom is 0.257 e. The van der Waals surface area contributed by atoms with E-state index in [1.165, 1.54) is 0 Å². The SMILES string of the molecule is CC(C)CCOc1cccc(NC(=S)NC(=O)c2ccc(OCCC(C)C)c(Br)c2)c1. The molecule has 2 aromatic carbocycles. The van der Waals surface area contributed by atoms with Crippen LogP contribution >= 0.6 is 28.1 Å². The standard InChI is InChI=1S/C24H31BrN2O3S/c1-16(2)10-12-29-20-7-5-6-19(15-20)26-24(31)27-23(28)18-8-9-22(21(25)14-18)30-13-11-17(3)4/h5-9,14-17H,10-13H2,1-4H3,(H2,26,27,28,31). The van der Waals surface area contributed by atoms with Crippen LogP contribution in [0.5, 0.6) is 11.5 Å². The van der Waals surface area contributed by atoms with Crippen LogP contribution in [0.2, 0.25) is 0 Å². The fourth-order valence-electron chi connectivity index (χ4n) is 2.58. The van der Waals surface area contributed by atoms with Gasteiger partial charge in [-0.15, -0.1) is 0 Å². The summed E-state index contributed by atoms with van der Waals surface area (Å²) >= 11 is 8.77. The average Bonchev–Trinajstić information content (AvgIpc) is 2.68. The molecule has 2 N–H and O–H groups in total. The van der Waals surface area contributed by atoms with Gasteiger partial charge < -0.3 is 14.8 Å². The summed E-state index contributed by atoms with van der Waals surface area (Å²) in [6.45, 7) is 9.92. The number of carbonyl (C=O) groups excluding carboxylic acids is 1. The number of rotatable bonds is 10. The number of hydrogen-bond donors (Lipinski definition) is 2. The van der Waals surface area contributed by atoms with Gasteiger partial charge in [-0.05, 0) is 83.2 Å². The topological polar surface area (TPSA) is 59.6 Å². The van der Waals surface area contributed by atoms with Crippen LogP contribution in [-0.2, 0) is 0 Å². The molecule has 0 saturated carbocycles. The van der Waals surface area contributed by atoms with Gasteiger partial charge in [-0.2, -0.15) is 0 Å². The molecule has 0 bridgehead atoms. The van der Waals surface area contributed by atoms with Crippen LogP contribution < -0.4 is 20.1 Å². The van der Waals surface area contributed by atoms with Gasteiger partial charge in [-0.25, -0.2) is 0 Å². The molecule has 5 nitrogen and oxygen atoms in total. The van der Waals surface area contributed by atoms with Gasteiger partial charge in [0.15, 0.2) is 5.11 Å². The normalized spacial score (nSPS) is 10.8. The highest BCUT2D eigenvalue weighted by atomic mass is 79.9. The Balaban J connectivity index is 1.89. The summed E-state index contributed by atoms with van der Waals surface area (Å²) in [5.74, 6) is 2.34. The van der Waals surface area contributed by atoms with Crippen molar-refractivity contribution in [3.05, 3.63) is 52.5 Å². The predicted octanol–water partition coefficient (Wildman–Crippen LogP) is 6.43. The first kappa shape index (κ1) is 25.1. The third-order valence-electron chi connectivity index (χ3n) is 4.43. The zero-order chi connectivity index (χ0) is 22.8. The maximum absolute atomic E-state index is 12.6. The Morgan fingerprint density at radius 1 is 1.00 bits per heavy atom. The first-order chi connectivity index (χ1) is 14.7. The second-order valence-electron chi connectivity index (χ2n) is 8.14. The van der Waals surface area contributed by atoms with Gasteiger partial charge in [0.25, 0.3) is 5.91 Å². The fourth-order valence-corrected chi connectivity index (χ4v) is 3.28. The first-order valence-corrected chi connectivity index (χ1v) is 11.7. The molecule has 0 atom stereocenters. The van der Waals surface area contributed by atoms with E-state index in [1.54, 1.807) is 18.2 Å². The third kappa shape index (κ3) is 9.27. The average molecular weight is 507 g/mol. The largest absolute Gasteiger partial charge is 0.494 e. The smallest absolute Gasteiger partial charge is 0.257 e. The zero-order valence-electron chi connectivity index (χ0n) is 18.5. The van der Waals surface area contributed by atoms with E-state index in [0.29, 0.717) is 36.4 Å². The summed E-state index contributed by atoms with van der Waals surface area (Å²) in [7, 11) is 0. The quantitative estimate of drug-likeness (QED) is 0.363. The van der Waals surface area contributed by atoms with Crippen LogP contribution in [0.25, 0.3) is 0 Å². The van der Waals surface area contributed by atoms with E-state index in [9.17, 15) is 4.79 Å². The van der Waals surface area contributed by atoms with Crippen molar-refractivity contribution in [2.75, 3.05) is 18.5 Å². The number of hydrogen-bond acceptors (Lipinski definition) is 4. The maximum atomic E-state index is 12.6. The molecule has 2 rings (SSSR count). The Hall–Kier alpha value is -2.12. The van der Waals surface area contributed by atoms with Crippen LogP contribution in [0.3, 0.4) is 0 Å². The van der Waals surface area contributed by atoms with E-state index in [2.05, 4.69) is 54.3 Å². The van der Waals surface area contributed by atoms with Gasteiger partial charge in [-0.3, -0.25) is 10.1 Å². The van der Waals surface area contributed by atoms with Crippen LogP contribution in [0.15, 0.2) is 46.9 Å². The highest BCUT2D eigenvalue weighted by molar-refractivity contribution is 9.10. The molecule has 2 aromatic rings. The minimum Gasteiger partial charge on any atom is -0.494 e. The van der Waals surface area contributed by atoms with Crippen LogP contribution in [-0.4, -0.2) is 24.2 Å². The van der Waals surface area contributed by atoms with Crippen LogP contribution in [0, 0.1) is 11.8 Å². The lowest BCUT2D eigenvalue weighted by Gasteiger charge is -2.13. The summed E-state index contributed by atoms with van der Waals surface area (Å²) in [5, 5.41) is 5.96. The molecule has 31 heavy (non-hydrogen) atoms. The third-order valence-corrected chi connectivity index (χ3v) is 5.25. The number of benzene rings is 2. The fraction of sp³-hybridized carbons (Fsp3) is 0.417. The second kappa shape index (κ2) is 12.7. The molecule has 0 saturated heterocycles. The number of halogens is 1. The lowest BCUT2D eigenvalue weighted by molar-refractivity contribution is 0.0977. The van der Waals surface area contributed by atoms with Gasteiger partial charge in [-0.1, -0.05) is 33.8 Å². The Bertz CT molecular complexity index is 887.